The Morgan fingerprint density at radius 3 is 2.40 bits per heavy atom. The summed E-state index contributed by atoms with van der Waals surface area (Å²) in [7, 11) is 0. The molecule has 6 nitrogen and oxygen atoms in total. The highest BCUT2D eigenvalue weighted by molar-refractivity contribution is 9.10. The van der Waals surface area contributed by atoms with E-state index in [9.17, 15) is 9.59 Å². The number of benzene rings is 1. The zero-order valence-electron chi connectivity index (χ0n) is 14.0. The van der Waals surface area contributed by atoms with Crippen molar-refractivity contribution in [3.63, 3.8) is 0 Å². The monoisotopic (exact) mass is 406 g/mol. The van der Waals surface area contributed by atoms with Crippen molar-refractivity contribution in [1.82, 2.24) is 10.3 Å². The molecule has 0 spiro atoms. The molecular weight excluding hydrogens is 388 g/mol. The second-order valence-corrected chi connectivity index (χ2v) is 6.89. The largest absolute Gasteiger partial charge is 0.482 e. The predicted octanol–water partition coefficient (Wildman–Crippen LogP) is 2.97. The van der Waals surface area contributed by atoms with Crippen molar-refractivity contribution in [3.05, 3.63) is 58.8 Å². The van der Waals surface area contributed by atoms with Gasteiger partial charge in [-0.05, 0) is 50.2 Å². The summed E-state index contributed by atoms with van der Waals surface area (Å²) in [5, 5.41) is 2.82. The molecule has 0 atom stereocenters. The summed E-state index contributed by atoms with van der Waals surface area (Å²) >= 11 is 3.32. The van der Waals surface area contributed by atoms with Gasteiger partial charge in [0, 0.05) is 22.4 Å². The van der Waals surface area contributed by atoms with Gasteiger partial charge in [-0.2, -0.15) is 0 Å². The maximum absolute atomic E-state index is 12.1. The summed E-state index contributed by atoms with van der Waals surface area (Å²) in [6.45, 7) is 3.38. The Morgan fingerprint density at radius 1 is 1.12 bits per heavy atom. The third-order valence-corrected chi connectivity index (χ3v) is 3.69. The maximum Gasteiger partial charge on any atom is 0.344 e. The number of halogens is 1. The van der Waals surface area contributed by atoms with Gasteiger partial charge in [0.15, 0.2) is 6.61 Å². The number of pyridine rings is 1. The molecule has 0 radical (unpaired) electrons. The molecular formula is C18H19BrN2O4. The summed E-state index contributed by atoms with van der Waals surface area (Å²) in [6.07, 6.45) is 3.09. The van der Waals surface area contributed by atoms with Crippen LogP contribution in [0.1, 0.15) is 24.2 Å². The SMILES string of the molecule is CC(C)(COC(=O)COc1ccc(Br)cc1)NC(=O)c1ccncc1. The van der Waals surface area contributed by atoms with Gasteiger partial charge in [-0.25, -0.2) is 4.79 Å². The summed E-state index contributed by atoms with van der Waals surface area (Å²) in [5.41, 5.74) is -0.221. The fraction of sp³-hybridized carbons (Fsp3) is 0.278. The third kappa shape index (κ3) is 6.54. The van der Waals surface area contributed by atoms with Crippen LogP contribution in [-0.4, -0.2) is 35.6 Å². The molecule has 0 fully saturated rings. The van der Waals surface area contributed by atoms with Crippen LogP contribution >= 0.6 is 15.9 Å². The van der Waals surface area contributed by atoms with Gasteiger partial charge in [0.1, 0.15) is 12.4 Å². The van der Waals surface area contributed by atoms with E-state index in [1.54, 1.807) is 50.5 Å². The Hall–Kier alpha value is -2.41. The number of carbonyl (C=O) groups excluding carboxylic acids is 2. The standard InChI is InChI=1S/C18H19BrN2O4/c1-18(2,21-17(23)13-7-9-20-10-8-13)12-25-16(22)11-24-15-5-3-14(19)4-6-15/h3-10H,11-12H2,1-2H3,(H,21,23). The first-order chi connectivity index (χ1) is 11.9. The van der Waals surface area contributed by atoms with Crippen LogP contribution in [0.2, 0.25) is 0 Å². The number of aromatic nitrogens is 1. The summed E-state index contributed by atoms with van der Waals surface area (Å²) in [4.78, 5) is 27.8. The Balaban J connectivity index is 1.77. The minimum absolute atomic E-state index is 0.0341. The van der Waals surface area contributed by atoms with Crippen molar-refractivity contribution in [3.8, 4) is 5.75 Å². The van der Waals surface area contributed by atoms with Gasteiger partial charge in [0.2, 0.25) is 0 Å². The van der Waals surface area contributed by atoms with Crippen LogP contribution in [0.15, 0.2) is 53.3 Å². The fourth-order valence-corrected chi connectivity index (χ4v) is 2.16. The molecule has 132 valence electrons. The van der Waals surface area contributed by atoms with Crippen LogP contribution in [0.5, 0.6) is 5.75 Å². The Labute approximate surface area is 154 Å². The van der Waals surface area contributed by atoms with Crippen LogP contribution in [-0.2, 0) is 9.53 Å². The van der Waals surface area contributed by atoms with E-state index in [-0.39, 0.29) is 19.1 Å². The van der Waals surface area contributed by atoms with Crippen LogP contribution < -0.4 is 10.1 Å². The van der Waals surface area contributed by atoms with Crippen LogP contribution in [0, 0.1) is 0 Å². The van der Waals surface area contributed by atoms with E-state index in [0.29, 0.717) is 11.3 Å². The molecule has 0 aliphatic heterocycles. The number of carbonyl (C=O) groups is 2. The van der Waals surface area contributed by atoms with Crippen molar-refractivity contribution in [2.24, 2.45) is 0 Å². The lowest BCUT2D eigenvalue weighted by Gasteiger charge is -2.25. The van der Waals surface area contributed by atoms with Gasteiger partial charge in [-0.1, -0.05) is 15.9 Å². The lowest BCUT2D eigenvalue weighted by molar-refractivity contribution is -0.147. The molecule has 25 heavy (non-hydrogen) atoms. The number of rotatable bonds is 7. The maximum atomic E-state index is 12.1. The molecule has 0 aliphatic carbocycles. The lowest BCUT2D eigenvalue weighted by atomic mass is 10.1. The second-order valence-electron chi connectivity index (χ2n) is 5.98. The minimum atomic E-state index is -0.715. The van der Waals surface area contributed by atoms with E-state index in [1.165, 1.54) is 0 Å². The van der Waals surface area contributed by atoms with Gasteiger partial charge in [0.05, 0.1) is 5.54 Å². The quantitative estimate of drug-likeness (QED) is 0.715. The molecule has 1 aromatic carbocycles. The summed E-state index contributed by atoms with van der Waals surface area (Å²) < 4.78 is 11.5. The molecule has 2 aromatic rings. The van der Waals surface area contributed by atoms with E-state index in [0.717, 1.165) is 4.47 Å². The van der Waals surface area contributed by atoms with Gasteiger partial charge < -0.3 is 14.8 Å². The minimum Gasteiger partial charge on any atom is -0.482 e. The fourth-order valence-electron chi connectivity index (χ4n) is 1.89. The highest BCUT2D eigenvalue weighted by Gasteiger charge is 2.23. The molecule has 0 unspecified atom stereocenters. The van der Waals surface area contributed by atoms with Crippen molar-refractivity contribution < 1.29 is 19.1 Å². The summed E-state index contributed by atoms with van der Waals surface area (Å²) in [6, 6.07) is 10.4. The molecule has 0 bridgehead atoms. The van der Waals surface area contributed by atoms with Crippen molar-refractivity contribution in [2.75, 3.05) is 13.2 Å². The zero-order valence-corrected chi connectivity index (χ0v) is 15.6. The second kappa shape index (κ2) is 8.62. The number of nitrogens with one attached hydrogen (secondary N) is 1. The Bertz CT molecular complexity index is 718. The molecule has 1 heterocycles. The highest BCUT2D eigenvalue weighted by atomic mass is 79.9. The number of ether oxygens (including phenoxy) is 2. The number of amides is 1. The molecule has 1 amide bonds. The topological polar surface area (TPSA) is 77.5 Å². The van der Waals surface area contributed by atoms with E-state index in [4.69, 9.17) is 9.47 Å². The summed E-state index contributed by atoms with van der Waals surface area (Å²) in [5.74, 6) is -0.186. The van der Waals surface area contributed by atoms with E-state index in [2.05, 4.69) is 26.2 Å². The van der Waals surface area contributed by atoms with Gasteiger partial charge in [-0.3, -0.25) is 9.78 Å². The highest BCUT2D eigenvalue weighted by Crippen LogP contribution is 2.16. The first kappa shape index (κ1) is 18.9. The van der Waals surface area contributed by atoms with E-state index < -0.39 is 11.5 Å². The zero-order chi connectivity index (χ0) is 18.3. The van der Waals surface area contributed by atoms with Crippen LogP contribution in [0.25, 0.3) is 0 Å². The normalized spacial score (nSPS) is 10.8. The van der Waals surface area contributed by atoms with E-state index in [1.807, 2.05) is 12.1 Å². The number of hydrogen-bond donors (Lipinski definition) is 1. The molecule has 0 saturated heterocycles. The molecule has 0 saturated carbocycles. The number of nitrogens with zero attached hydrogens (tertiary/aromatic N) is 1. The number of hydrogen-bond acceptors (Lipinski definition) is 5. The average molecular weight is 407 g/mol. The van der Waals surface area contributed by atoms with Crippen LogP contribution in [0.3, 0.4) is 0 Å². The van der Waals surface area contributed by atoms with E-state index >= 15 is 0 Å². The first-order valence-electron chi connectivity index (χ1n) is 7.62. The predicted molar refractivity (Wildman–Crippen MR) is 96.4 cm³/mol. The van der Waals surface area contributed by atoms with Gasteiger partial charge in [-0.15, -0.1) is 0 Å². The molecule has 0 aliphatic rings. The molecule has 1 N–H and O–H groups in total. The lowest BCUT2D eigenvalue weighted by Crippen LogP contribution is -2.47. The van der Waals surface area contributed by atoms with Crippen molar-refractivity contribution in [2.45, 2.75) is 19.4 Å². The third-order valence-electron chi connectivity index (χ3n) is 3.16. The number of esters is 1. The van der Waals surface area contributed by atoms with Gasteiger partial charge in [0.25, 0.3) is 5.91 Å². The van der Waals surface area contributed by atoms with Crippen molar-refractivity contribution >= 4 is 27.8 Å². The van der Waals surface area contributed by atoms with Crippen LogP contribution in [0.4, 0.5) is 0 Å². The smallest absolute Gasteiger partial charge is 0.344 e. The Morgan fingerprint density at radius 2 is 1.76 bits per heavy atom. The first-order valence-corrected chi connectivity index (χ1v) is 8.41. The van der Waals surface area contributed by atoms with Crippen molar-refractivity contribution in [1.29, 1.82) is 0 Å². The molecule has 7 heteroatoms. The average Bonchev–Trinajstić information content (AvgIpc) is 2.60. The molecule has 1 aromatic heterocycles. The Kier molecular flexibility index (Phi) is 6.52. The van der Waals surface area contributed by atoms with Gasteiger partial charge >= 0.3 is 5.97 Å². The molecule has 2 rings (SSSR count).